The minimum absolute atomic E-state index is 0.289. The molecule has 0 saturated carbocycles. The lowest BCUT2D eigenvalue weighted by molar-refractivity contribution is -0.117. The Bertz CT molecular complexity index is 310. The number of carbonyl (C=O) groups is 1. The average Bonchev–Trinajstić information content (AvgIpc) is 2.55. The molecule has 3 heteroatoms. The standard InChI is InChI=1S/C7H9N.2C5H10O.C2H6/c1-6-2-4-7(8)5-3-6;1-2-4-6-5-3-1;1-3-4-5(2)6;1-2/h2-5H,8H2,1H3;1-5H2;3-4H2,1-2H3;1-2H3. The van der Waals surface area contributed by atoms with Crippen molar-refractivity contribution in [3.8, 4) is 0 Å². The van der Waals surface area contributed by atoms with Crippen molar-refractivity contribution in [2.24, 2.45) is 0 Å². The van der Waals surface area contributed by atoms with Crippen molar-refractivity contribution in [2.45, 2.75) is 66.7 Å². The van der Waals surface area contributed by atoms with Gasteiger partial charge in [0.05, 0.1) is 0 Å². The van der Waals surface area contributed by atoms with Crippen molar-refractivity contribution in [1.29, 1.82) is 0 Å². The highest BCUT2D eigenvalue weighted by Gasteiger charge is 1.95. The summed E-state index contributed by atoms with van der Waals surface area (Å²) >= 11 is 0. The van der Waals surface area contributed by atoms with Crippen LogP contribution in [0, 0.1) is 6.92 Å². The number of hydrogen-bond donors (Lipinski definition) is 1. The maximum Gasteiger partial charge on any atom is 0.129 e. The third-order valence-electron chi connectivity index (χ3n) is 2.76. The molecule has 3 nitrogen and oxygen atoms in total. The second kappa shape index (κ2) is 17.7. The summed E-state index contributed by atoms with van der Waals surface area (Å²) in [5.74, 6) is 0.289. The van der Waals surface area contributed by atoms with Crippen LogP contribution in [0.4, 0.5) is 5.69 Å². The number of Topliss-reactive ketones (excluding diaryl/α,β-unsaturated/α-hetero) is 1. The molecule has 1 aromatic carbocycles. The first-order chi connectivity index (χ1) is 10.6. The molecule has 0 atom stereocenters. The molecular weight excluding hydrogens is 274 g/mol. The van der Waals surface area contributed by atoms with Crippen LogP contribution in [0.15, 0.2) is 24.3 Å². The van der Waals surface area contributed by atoms with E-state index >= 15 is 0 Å². The van der Waals surface area contributed by atoms with Gasteiger partial charge < -0.3 is 15.3 Å². The number of benzene rings is 1. The van der Waals surface area contributed by atoms with E-state index in [1.165, 1.54) is 24.8 Å². The molecule has 0 radical (unpaired) electrons. The van der Waals surface area contributed by atoms with Gasteiger partial charge in [-0.25, -0.2) is 0 Å². The van der Waals surface area contributed by atoms with E-state index in [9.17, 15) is 4.79 Å². The summed E-state index contributed by atoms with van der Waals surface area (Å²) in [5, 5.41) is 0. The third kappa shape index (κ3) is 18.7. The number of nitrogens with two attached hydrogens (primary N) is 1. The molecule has 1 fully saturated rings. The van der Waals surface area contributed by atoms with Crippen LogP contribution in [-0.4, -0.2) is 19.0 Å². The molecule has 1 heterocycles. The van der Waals surface area contributed by atoms with Gasteiger partial charge in [-0.1, -0.05) is 38.5 Å². The first kappa shape index (κ1) is 22.9. The molecular formula is C19H35NO2. The van der Waals surface area contributed by atoms with E-state index in [1.54, 1.807) is 6.92 Å². The number of nitrogen functional groups attached to an aromatic ring is 1. The molecule has 2 rings (SSSR count). The smallest absolute Gasteiger partial charge is 0.129 e. The third-order valence-corrected chi connectivity index (χ3v) is 2.76. The highest BCUT2D eigenvalue weighted by molar-refractivity contribution is 5.75. The van der Waals surface area contributed by atoms with Gasteiger partial charge in [0.15, 0.2) is 0 Å². The fraction of sp³-hybridized carbons (Fsp3) is 0.632. The van der Waals surface area contributed by atoms with Gasteiger partial charge in [0.25, 0.3) is 0 Å². The molecule has 1 aliphatic rings. The van der Waals surface area contributed by atoms with Crippen LogP contribution >= 0.6 is 0 Å². The number of aryl methyl sites for hydroxylation is 1. The van der Waals surface area contributed by atoms with E-state index in [-0.39, 0.29) is 5.78 Å². The van der Waals surface area contributed by atoms with Crippen LogP contribution in [0.3, 0.4) is 0 Å². The normalized spacial score (nSPS) is 12.4. The summed E-state index contributed by atoms with van der Waals surface area (Å²) in [6.07, 6.45) is 5.65. The number of hydrogen-bond acceptors (Lipinski definition) is 3. The maximum atomic E-state index is 10.0. The minimum atomic E-state index is 0.289. The first-order valence-electron chi connectivity index (χ1n) is 8.45. The monoisotopic (exact) mass is 309 g/mol. The Hall–Kier alpha value is -1.35. The largest absolute Gasteiger partial charge is 0.399 e. The fourth-order valence-corrected chi connectivity index (χ4v) is 1.61. The Balaban J connectivity index is 0. The highest BCUT2D eigenvalue weighted by atomic mass is 16.5. The molecule has 1 aliphatic heterocycles. The van der Waals surface area contributed by atoms with E-state index in [0.29, 0.717) is 0 Å². The Morgan fingerprint density at radius 1 is 1.09 bits per heavy atom. The Kier molecular flexibility index (Phi) is 18.4. The van der Waals surface area contributed by atoms with Crippen molar-refractivity contribution < 1.29 is 9.53 Å². The molecule has 0 aromatic heterocycles. The lowest BCUT2D eigenvalue weighted by Crippen LogP contribution is -2.03. The maximum absolute atomic E-state index is 10.0. The van der Waals surface area contributed by atoms with E-state index in [4.69, 9.17) is 10.5 Å². The zero-order valence-electron chi connectivity index (χ0n) is 15.2. The number of anilines is 1. The van der Waals surface area contributed by atoms with Crippen molar-refractivity contribution in [3.63, 3.8) is 0 Å². The molecule has 0 aliphatic carbocycles. The van der Waals surface area contributed by atoms with Crippen LogP contribution < -0.4 is 5.73 Å². The van der Waals surface area contributed by atoms with Crippen molar-refractivity contribution >= 4 is 11.5 Å². The second-order valence-electron chi connectivity index (χ2n) is 5.04. The second-order valence-corrected chi connectivity index (χ2v) is 5.04. The molecule has 1 saturated heterocycles. The predicted molar refractivity (Wildman–Crippen MR) is 97.2 cm³/mol. The van der Waals surface area contributed by atoms with Gasteiger partial charge in [-0.2, -0.15) is 0 Å². The van der Waals surface area contributed by atoms with E-state index < -0.39 is 0 Å². The van der Waals surface area contributed by atoms with E-state index in [1.807, 2.05) is 52.0 Å². The number of ether oxygens (including phenoxy) is 1. The molecule has 0 spiro atoms. The van der Waals surface area contributed by atoms with Gasteiger partial charge in [0.2, 0.25) is 0 Å². The van der Waals surface area contributed by atoms with Gasteiger partial charge in [0, 0.05) is 25.3 Å². The molecule has 2 N–H and O–H groups in total. The average molecular weight is 309 g/mol. The van der Waals surface area contributed by atoms with Crippen LogP contribution in [0.5, 0.6) is 0 Å². The van der Waals surface area contributed by atoms with E-state index in [0.717, 1.165) is 31.7 Å². The number of ketones is 1. The van der Waals surface area contributed by atoms with Gasteiger partial charge in [-0.3, -0.25) is 0 Å². The van der Waals surface area contributed by atoms with Gasteiger partial charge in [0.1, 0.15) is 5.78 Å². The van der Waals surface area contributed by atoms with Gasteiger partial charge in [-0.05, 0) is 51.7 Å². The zero-order chi connectivity index (χ0) is 17.2. The summed E-state index contributed by atoms with van der Waals surface area (Å²) in [6, 6.07) is 7.79. The zero-order valence-corrected chi connectivity index (χ0v) is 15.2. The molecule has 1 aromatic rings. The molecule has 128 valence electrons. The molecule has 22 heavy (non-hydrogen) atoms. The van der Waals surface area contributed by atoms with Crippen LogP contribution in [-0.2, 0) is 9.53 Å². The van der Waals surface area contributed by atoms with E-state index in [2.05, 4.69) is 0 Å². The quantitative estimate of drug-likeness (QED) is 0.767. The van der Waals surface area contributed by atoms with Gasteiger partial charge in [-0.15, -0.1) is 0 Å². The molecule has 0 bridgehead atoms. The Labute approximate surface area is 137 Å². The lowest BCUT2D eigenvalue weighted by atomic mass is 10.2. The summed E-state index contributed by atoms with van der Waals surface area (Å²) in [5.41, 5.74) is 7.51. The first-order valence-corrected chi connectivity index (χ1v) is 8.45. The highest BCUT2D eigenvalue weighted by Crippen LogP contribution is 2.02. The lowest BCUT2D eigenvalue weighted by Gasteiger charge is -2.08. The SMILES string of the molecule is C1CCOCC1.CC.CCCC(C)=O.Cc1ccc(N)cc1. The molecule has 0 amide bonds. The van der Waals surface area contributed by atoms with Crippen LogP contribution in [0.1, 0.15) is 65.4 Å². The topological polar surface area (TPSA) is 52.3 Å². The Morgan fingerprint density at radius 2 is 1.59 bits per heavy atom. The van der Waals surface area contributed by atoms with Crippen LogP contribution in [0.25, 0.3) is 0 Å². The predicted octanol–water partition coefficient (Wildman–Crippen LogP) is 5.17. The fourth-order valence-electron chi connectivity index (χ4n) is 1.61. The molecule has 0 unspecified atom stereocenters. The number of rotatable bonds is 2. The number of carbonyl (C=O) groups excluding carboxylic acids is 1. The van der Waals surface area contributed by atoms with Crippen molar-refractivity contribution in [1.82, 2.24) is 0 Å². The van der Waals surface area contributed by atoms with Gasteiger partial charge >= 0.3 is 0 Å². The van der Waals surface area contributed by atoms with Crippen molar-refractivity contribution in [2.75, 3.05) is 18.9 Å². The summed E-state index contributed by atoms with van der Waals surface area (Å²) in [4.78, 5) is 10.0. The minimum Gasteiger partial charge on any atom is -0.399 e. The summed E-state index contributed by atoms with van der Waals surface area (Å²) in [6.45, 7) is 11.7. The summed E-state index contributed by atoms with van der Waals surface area (Å²) in [7, 11) is 0. The van der Waals surface area contributed by atoms with Crippen LogP contribution in [0.2, 0.25) is 0 Å². The van der Waals surface area contributed by atoms with Crippen molar-refractivity contribution in [3.05, 3.63) is 29.8 Å². The summed E-state index contributed by atoms with van der Waals surface area (Å²) < 4.78 is 5.07. The Morgan fingerprint density at radius 3 is 1.77 bits per heavy atom.